The molecule has 1 aromatic carbocycles. The number of aliphatic hydroxyl groups excluding tert-OH is 1. The predicted octanol–water partition coefficient (Wildman–Crippen LogP) is 3.02. The van der Waals surface area contributed by atoms with Gasteiger partial charge in [0.25, 0.3) is 0 Å². The van der Waals surface area contributed by atoms with Crippen molar-refractivity contribution in [2.75, 3.05) is 16.8 Å². The molecular formula is C21H24N6O4. The van der Waals surface area contributed by atoms with E-state index in [2.05, 4.69) is 25.5 Å². The number of rotatable bonds is 6. The summed E-state index contributed by atoms with van der Waals surface area (Å²) in [6, 6.07) is 6.66. The monoisotopic (exact) mass is 424 g/mol. The van der Waals surface area contributed by atoms with E-state index in [0.717, 1.165) is 11.1 Å². The standard InChI is InChI=1S/C21H24N6O4/c1-11-5-6-15(9-12(11)2)19-26-25-18(31-19)13(3)23-20-22-8-7-17(24-20)27-16(14(4)28)10-30-21(27)29/h5-9,13-14,16,28H,10H2,1-4H3,(H,22,23,24)/t13-,14-,16-/m1/s1. The molecule has 2 N–H and O–H groups in total. The van der Waals surface area contributed by atoms with Gasteiger partial charge in [-0.15, -0.1) is 10.2 Å². The topological polar surface area (TPSA) is 127 Å². The summed E-state index contributed by atoms with van der Waals surface area (Å²) in [5.41, 5.74) is 3.18. The van der Waals surface area contributed by atoms with Crippen LogP contribution >= 0.6 is 0 Å². The van der Waals surface area contributed by atoms with Crippen LogP contribution in [0.4, 0.5) is 16.6 Å². The molecule has 162 valence electrons. The van der Waals surface area contributed by atoms with Crippen molar-refractivity contribution < 1.29 is 19.1 Å². The Labute approximate surface area is 179 Å². The van der Waals surface area contributed by atoms with Crippen molar-refractivity contribution in [2.45, 2.75) is 45.9 Å². The quantitative estimate of drug-likeness (QED) is 0.614. The van der Waals surface area contributed by atoms with E-state index < -0.39 is 18.2 Å². The van der Waals surface area contributed by atoms with E-state index in [0.29, 0.717) is 17.6 Å². The van der Waals surface area contributed by atoms with Crippen LogP contribution in [0.1, 0.15) is 36.9 Å². The van der Waals surface area contributed by atoms with Crippen LogP contribution in [0.2, 0.25) is 0 Å². The molecule has 1 aliphatic heterocycles. The average molecular weight is 424 g/mol. The van der Waals surface area contributed by atoms with Crippen LogP contribution in [0.25, 0.3) is 11.5 Å². The van der Waals surface area contributed by atoms with Gasteiger partial charge >= 0.3 is 6.09 Å². The largest absolute Gasteiger partial charge is 0.447 e. The van der Waals surface area contributed by atoms with Gasteiger partial charge in [-0.2, -0.15) is 4.98 Å². The number of benzene rings is 1. The third-order valence-electron chi connectivity index (χ3n) is 5.26. The maximum Gasteiger partial charge on any atom is 0.416 e. The van der Waals surface area contributed by atoms with Crippen molar-refractivity contribution in [3.63, 3.8) is 0 Å². The molecule has 3 atom stereocenters. The smallest absolute Gasteiger partial charge is 0.416 e. The lowest BCUT2D eigenvalue weighted by atomic mass is 10.1. The number of cyclic esters (lactones) is 1. The molecule has 1 amide bonds. The molecule has 1 aliphatic rings. The number of hydrogen-bond donors (Lipinski definition) is 2. The minimum absolute atomic E-state index is 0.100. The van der Waals surface area contributed by atoms with Crippen molar-refractivity contribution >= 4 is 17.9 Å². The average Bonchev–Trinajstić information content (AvgIpc) is 3.37. The number of carbonyl (C=O) groups is 1. The number of amides is 1. The third-order valence-corrected chi connectivity index (χ3v) is 5.26. The molecular weight excluding hydrogens is 400 g/mol. The third kappa shape index (κ3) is 4.19. The number of nitrogens with one attached hydrogen (secondary N) is 1. The number of anilines is 2. The van der Waals surface area contributed by atoms with Gasteiger partial charge in [-0.1, -0.05) is 6.07 Å². The van der Waals surface area contributed by atoms with Crippen LogP contribution in [-0.2, 0) is 4.74 Å². The van der Waals surface area contributed by atoms with Gasteiger partial charge in [0.1, 0.15) is 24.5 Å². The second-order valence-corrected chi connectivity index (χ2v) is 7.60. The van der Waals surface area contributed by atoms with Gasteiger partial charge in [-0.05, 0) is 57.0 Å². The van der Waals surface area contributed by atoms with E-state index in [9.17, 15) is 9.90 Å². The molecule has 1 saturated heterocycles. The van der Waals surface area contributed by atoms with Gasteiger partial charge in [-0.25, -0.2) is 9.78 Å². The summed E-state index contributed by atoms with van der Waals surface area (Å²) in [5.74, 6) is 1.42. The first-order valence-corrected chi connectivity index (χ1v) is 9.98. The molecule has 0 spiro atoms. The number of hydrogen-bond acceptors (Lipinski definition) is 9. The molecule has 0 aliphatic carbocycles. The first-order chi connectivity index (χ1) is 14.8. The Hall–Kier alpha value is -3.53. The summed E-state index contributed by atoms with van der Waals surface area (Å²) >= 11 is 0. The van der Waals surface area contributed by atoms with Crippen LogP contribution in [0.15, 0.2) is 34.9 Å². The second-order valence-electron chi connectivity index (χ2n) is 7.60. The predicted molar refractivity (Wildman–Crippen MR) is 113 cm³/mol. The fourth-order valence-corrected chi connectivity index (χ4v) is 3.26. The van der Waals surface area contributed by atoms with Crippen molar-refractivity contribution in [3.8, 4) is 11.5 Å². The van der Waals surface area contributed by atoms with Crippen molar-refractivity contribution in [3.05, 3.63) is 47.5 Å². The molecule has 4 rings (SSSR count). The highest BCUT2D eigenvalue weighted by Gasteiger charge is 2.38. The Bertz CT molecular complexity index is 1100. The zero-order valence-electron chi connectivity index (χ0n) is 17.7. The number of ether oxygens (including phenoxy) is 1. The van der Waals surface area contributed by atoms with Gasteiger partial charge in [0.15, 0.2) is 0 Å². The van der Waals surface area contributed by atoms with E-state index >= 15 is 0 Å². The van der Waals surface area contributed by atoms with E-state index in [4.69, 9.17) is 9.15 Å². The van der Waals surface area contributed by atoms with Crippen molar-refractivity contribution in [2.24, 2.45) is 0 Å². The molecule has 1 fully saturated rings. The lowest BCUT2D eigenvalue weighted by molar-refractivity contribution is 0.142. The molecule has 31 heavy (non-hydrogen) atoms. The van der Waals surface area contributed by atoms with E-state index in [-0.39, 0.29) is 18.6 Å². The van der Waals surface area contributed by atoms with Gasteiger partial charge in [0.2, 0.25) is 17.7 Å². The first kappa shape index (κ1) is 20.7. The number of nitrogens with zero attached hydrogens (tertiary/aromatic N) is 5. The summed E-state index contributed by atoms with van der Waals surface area (Å²) in [5, 5.41) is 21.3. The number of aliphatic hydroxyl groups is 1. The molecule has 0 radical (unpaired) electrons. The lowest BCUT2D eigenvalue weighted by Gasteiger charge is -2.22. The van der Waals surface area contributed by atoms with Gasteiger partial charge in [0, 0.05) is 11.8 Å². The van der Waals surface area contributed by atoms with Crippen molar-refractivity contribution in [1.29, 1.82) is 0 Å². The zero-order chi connectivity index (χ0) is 22.1. The van der Waals surface area contributed by atoms with Crippen LogP contribution in [0.3, 0.4) is 0 Å². The summed E-state index contributed by atoms with van der Waals surface area (Å²) < 4.78 is 10.9. The Balaban J connectivity index is 1.51. The van der Waals surface area contributed by atoms with Crippen molar-refractivity contribution in [1.82, 2.24) is 20.2 Å². The van der Waals surface area contributed by atoms with Gasteiger partial charge in [-0.3, -0.25) is 4.90 Å². The highest BCUT2D eigenvalue weighted by atomic mass is 16.6. The summed E-state index contributed by atoms with van der Waals surface area (Å²) in [7, 11) is 0. The molecule has 0 bridgehead atoms. The highest BCUT2D eigenvalue weighted by Crippen LogP contribution is 2.26. The molecule has 2 aromatic heterocycles. The van der Waals surface area contributed by atoms with Crippen LogP contribution in [0, 0.1) is 13.8 Å². The molecule has 0 unspecified atom stereocenters. The second kappa shape index (κ2) is 8.31. The lowest BCUT2D eigenvalue weighted by Crippen LogP contribution is -2.41. The number of aryl methyl sites for hydroxylation is 2. The van der Waals surface area contributed by atoms with Gasteiger partial charge < -0.3 is 19.6 Å². The Morgan fingerprint density at radius 1 is 1.19 bits per heavy atom. The summed E-state index contributed by atoms with van der Waals surface area (Å²) in [4.78, 5) is 22.0. The van der Waals surface area contributed by atoms with E-state index in [1.807, 2.05) is 39.0 Å². The van der Waals surface area contributed by atoms with Crippen LogP contribution < -0.4 is 10.2 Å². The molecule has 10 nitrogen and oxygen atoms in total. The summed E-state index contributed by atoms with van der Waals surface area (Å²) in [6.07, 6.45) is 0.202. The summed E-state index contributed by atoms with van der Waals surface area (Å²) in [6.45, 7) is 7.62. The van der Waals surface area contributed by atoms with Gasteiger partial charge in [0.05, 0.1) is 6.10 Å². The molecule has 10 heteroatoms. The maximum atomic E-state index is 12.1. The Kier molecular flexibility index (Phi) is 5.55. The highest BCUT2D eigenvalue weighted by molar-refractivity contribution is 5.89. The van der Waals surface area contributed by atoms with E-state index in [1.165, 1.54) is 16.7 Å². The normalized spacial score (nSPS) is 18.0. The minimum atomic E-state index is -0.765. The van der Waals surface area contributed by atoms with Crippen LogP contribution in [0.5, 0.6) is 0 Å². The van der Waals surface area contributed by atoms with E-state index in [1.54, 1.807) is 13.0 Å². The molecule has 3 heterocycles. The molecule has 3 aromatic rings. The minimum Gasteiger partial charge on any atom is -0.447 e. The zero-order valence-corrected chi connectivity index (χ0v) is 17.7. The van der Waals surface area contributed by atoms with Crippen LogP contribution in [-0.4, -0.2) is 50.1 Å². The fraction of sp³-hybridized carbons (Fsp3) is 0.381. The molecule has 0 saturated carbocycles. The Morgan fingerprint density at radius 2 is 2.00 bits per heavy atom. The number of carbonyl (C=O) groups excluding carboxylic acids is 1. The number of aromatic nitrogens is 4. The SMILES string of the molecule is Cc1ccc(-c2nnc([C@@H](C)Nc3nccc(N4C(=O)OC[C@@H]4[C@@H](C)O)n3)o2)cc1C. The maximum absolute atomic E-state index is 12.1. The fourth-order valence-electron chi connectivity index (χ4n) is 3.26. The Morgan fingerprint density at radius 3 is 2.74 bits per heavy atom. The first-order valence-electron chi connectivity index (χ1n) is 9.98.